The molecule has 1 amide bonds. The summed E-state index contributed by atoms with van der Waals surface area (Å²) in [6.07, 6.45) is 2.78. The molecular weight excluding hydrogens is 483 g/mol. The summed E-state index contributed by atoms with van der Waals surface area (Å²) >= 11 is 4.70. The number of carbonyl (C=O) groups excluding carboxylic acids is 2. The molecular formula is C23H24BrFN2O3S. The molecule has 0 fully saturated rings. The monoisotopic (exact) mass is 506 g/mol. The molecule has 1 unspecified atom stereocenters. The molecule has 0 saturated heterocycles. The highest BCUT2D eigenvalue weighted by molar-refractivity contribution is 9.11. The standard InChI is InChI=1S/C12H10FNO.C11H14BrNO2S/c1-9-5-6-10(8-11(9)13)14-7-3-2-4-12(14)15;1-3-8(6-7(2)14)13-11(15)9-4-5-10(12)16-9/h2-8H,1H3;4-5,8H,3,6H2,1-2H3,(H,13,15). The Labute approximate surface area is 193 Å². The third-order valence-corrected chi connectivity index (χ3v) is 6.04. The van der Waals surface area contributed by atoms with E-state index in [-0.39, 0.29) is 29.1 Å². The number of Topliss-reactive ketones (excluding diaryl/α,β-unsaturated/α-hetero) is 1. The summed E-state index contributed by atoms with van der Waals surface area (Å²) in [7, 11) is 0. The third kappa shape index (κ3) is 7.56. The number of hydrogen-bond acceptors (Lipinski definition) is 4. The van der Waals surface area contributed by atoms with E-state index in [0.717, 1.165) is 10.2 Å². The van der Waals surface area contributed by atoms with E-state index in [4.69, 9.17) is 0 Å². The van der Waals surface area contributed by atoms with E-state index in [2.05, 4.69) is 21.2 Å². The topological polar surface area (TPSA) is 68.2 Å². The molecule has 0 radical (unpaired) electrons. The fraction of sp³-hybridized carbons (Fsp3) is 0.261. The maximum atomic E-state index is 13.3. The minimum absolute atomic E-state index is 0.0640. The average Bonchev–Trinajstić information content (AvgIpc) is 3.16. The van der Waals surface area contributed by atoms with E-state index in [0.29, 0.717) is 22.5 Å². The molecule has 8 heteroatoms. The van der Waals surface area contributed by atoms with Gasteiger partial charge in [0.25, 0.3) is 11.5 Å². The first-order valence-electron chi connectivity index (χ1n) is 9.71. The Morgan fingerprint density at radius 1 is 1.19 bits per heavy atom. The second-order valence-electron chi connectivity index (χ2n) is 6.93. The number of hydrogen-bond donors (Lipinski definition) is 1. The van der Waals surface area contributed by atoms with Gasteiger partial charge in [-0.2, -0.15) is 0 Å². The number of benzene rings is 1. The molecule has 0 aliphatic rings. The highest BCUT2D eigenvalue weighted by atomic mass is 79.9. The largest absolute Gasteiger partial charge is 0.348 e. The predicted octanol–water partition coefficient (Wildman–Crippen LogP) is 5.28. The van der Waals surface area contributed by atoms with Crippen LogP contribution in [-0.2, 0) is 4.79 Å². The van der Waals surface area contributed by atoms with Gasteiger partial charge < -0.3 is 5.32 Å². The van der Waals surface area contributed by atoms with Crippen LogP contribution in [0.15, 0.2) is 63.3 Å². The van der Waals surface area contributed by atoms with Crippen molar-refractivity contribution in [2.24, 2.45) is 0 Å². The summed E-state index contributed by atoms with van der Waals surface area (Å²) in [6, 6.07) is 13.1. The molecule has 0 bridgehead atoms. The lowest BCUT2D eigenvalue weighted by Gasteiger charge is -2.14. The zero-order valence-electron chi connectivity index (χ0n) is 17.5. The van der Waals surface area contributed by atoms with Crippen molar-refractivity contribution in [3.63, 3.8) is 0 Å². The van der Waals surface area contributed by atoms with Gasteiger partial charge in [-0.3, -0.25) is 19.0 Å². The van der Waals surface area contributed by atoms with Gasteiger partial charge in [0.15, 0.2) is 0 Å². The van der Waals surface area contributed by atoms with Gasteiger partial charge in [-0.25, -0.2) is 4.39 Å². The molecule has 31 heavy (non-hydrogen) atoms. The van der Waals surface area contributed by atoms with Crippen molar-refractivity contribution < 1.29 is 14.0 Å². The van der Waals surface area contributed by atoms with Crippen LogP contribution in [0, 0.1) is 12.7 Å². The number of thiophene rings is 1. The van der Waals surface area contributed by atoms with E-state index in [1.54, 1.807) is 43.5 Å². The third-order valence-electron chi connectivity index (χ3n) is 4.41. The fourth-order valence-corrected chi connectivity index (χ4v) is 4.00. The summed E-state index contributed by atoms with van der Waals surface area (Å²) in [6.45, 7) is 5.18. The molecule has 3 rings (SSSR count). The van der Waals surface area contributed by atoms with Crippen LogP contribution < -0.4 is 10.9 Å². The van der Waals surface area contributed by atoms with E-state index in [1.165, 1.54) is 35.0 Å². The molecule has 1 atom stereocenters. The number of nitrogens with one attached hydrogen (secondary N) is 1. The normalized spacial score (nSPS) is 11.3. The van der Waals surface area contributed by atoms with Gasteiger partial charge >= 0.3 is 0 Å². The Kier molecular flexibility index (Phi) is 9.33. The van der Waals surface area contributed by atoms with Crippen molar-refractivity contribution >= 4 is 39.0 Å². The van der Waals surface area contributed by atoms with Gasteiger partial charge in [0.05, 0.1) is 14.4 Å². The Morgan fingerprint density at radius 2 is 1.94 bits per heavy atom. The molecule has 1 aromatic carbocycles. The summed E-state index contributed by atoms with van der Waals surface area (Å²) in [4.78, 5) is 34.9. The molecule has 3 aromatic rings. The molecule has 2 heterocycles. The maximum Gasteiger partial charge on any atom is 0.261 e. The summed E-state index contributed by atoms with van der Waals surface area (Å²) in [5, 5.41) is 2.86. The number of aryl methyl sites for hydroxylation is 1. The van der Waals surface area contributed by atoms with Crippen molar-refractivity contribution in [1.82, 2.24) is 9.88 Å². The quantitative estimate of drug-likeness (QED) is 0.494. The van der Waals surface area contributed by atoms with Crippen LogP contribution in [0.5, 0.6) is 0 Å². The number of pyridine rings is 1. The Morgan fingerprint density at radius 3 is 2.48 bits per heavy atom. The van der Waals surface area contributed by atoms with Gasteiger partial charge in [0.2, 0.25) is 0 Å². The summed E-state index contributed by atoms with van der Waals surface area (Å²) < 4.78 is 15.6. The minimum atomic E-state index is -0.303. The highest BCUT2D eigenvalue weighted by Gasteiger charge is 2.15. The molecule has 0 aliphatic heterocycles. The zero-order valence-corrected chi connectivity index (χ0v) is 19.9. The summed E-state index contributed by atoms with van der Waals surface area (Å²) in [5.41, 5.74) is 0.951. The van der Waals surface area contributed by atoms with Crippen LogP contribution in [0.3, 0.4) is 0 Å². The summed E-state index contributed by atoms with van der Waals surface area (Å²) in [5.74, 6) is -0.313. The van der Waals surface area contributed by atoms with E-state index in [9.17, 15) is 18.8 Å². The molecule has 1 N–H and O–H groups in total. The molecule has 0 saturated carbocycles. The second-order valence-corrected chi connectivity index (χ2v) is 9.39. The van der Waals surface area contributed by atoms with Crippen molar-refractivity contribution in [3.8, 4) is 5.69 Å². The lowest BCUT2D eigenvalue weighted by atomic mass is 10.1. The zero-order chi connectivity index (χ0) is 23.0. The first-order chi connectivity index (χ1) is 14.7. The smallest absolute Gasteiger partial charge is 0.261 e. The van der Waals surface area contributed by atoms with Crippen molar-refractivity contribution in [2.45, 2.75) is 39.7 Å². The molecule has 0 spiro atoms. The van der Waals surface area contributed by atoms with Crippen LogP contribution in [0.4, 0.5) is 4.39 Å². The van der Waals surface area contributed by atoms with Gasteiger partial charge in [-0.05, 0) is 72.1 Å². The molecule has 164 valence electrons. The number of ketones is 1. The molecule has 5 nitrogen and oxygen atoms in total. The predicted molar refractivity (Wildman–Crippen MR) is 126 cm³/mol. The first-order valence-corrected chi connectivity index (χ1v) is 11.3. The Hall–Kier alpha value is -2.58. The van der Waals surface area contributed by atoms with Crippen molar-refractivity contribution in [3.05, 3.63) is 85.1 Å². The van der Waals surface area contributed by atoms with Crippen molar-refractivity contribution in [2.75, 3.05) is 0 Å². The lowest BCUT2D eigenvalue weighted by molar-refractivity contribution is -0.117. The van der Waals surface area contributed by atoms with Crippen LogP contribution in [0.25, 0.3) is 5.69 Å². The maximum absolute atomic E-state index is 13.3. The van der Waals surface area contributed by atoms with Crippen LogP contribution in [0.1, 0.15) is 41.9 Å². The number of amides is 1. The minimum Gasteiger partial charge on any atom is -0.348 e. The second kappa shape index (κ2) is 11.7. The highest BCUT2D eigenvalue weighted by Crippen LogP contribution is 2.22. The van der Waals surface area contributed by atoms with Gasteiger partial charge in [0.1, 0.15) is 11.6 Å². The molecule has 2 aromatic heterocycles. The Balaban J connectivity index is 0.000000220. The van der Waals surface area contributed by atoms with E-state index >= 15 is 0 Å². The van der Waals surface area contributed by atoms with Gasteiger partial charge in [-0.1, -0.05) is 19.1 Å². The van der Waals surface area contributed by atoms with E-state index in [1.807, 2.05) is 13.0 Å². The van der Waals surface area contributed by atoms with Crippen LogP contribution in [0.2, 0.25) is 0 Å². The molecule has 0 aliphatic carbocycles. The first kappa shape index (κ1) is 24.7. The number of halogens is 2. The van der Waals surface area contributed by atoms with Gasteiger partial charge in [0, 0.05) is 24.7 Å². The SMILES string of the molecule is CCC(CC(C)=O)NC(=O)c1ccc(Br)s1.Cc1ccc(-n2ccccc2=O)cc1F. The van der Waals surface area contributed by atoms with Gasteiger partial charge in [-0.15, -0.1) is 11.3 Å². The van der Waals surface area contributed by atoms with Crippen LogP contribution in [-0.4, -0.2) is 22.3 Å². The number of aromatic nitrogens is 1. The van der Waals surface area contributed by atoms with Crippen molar-refractivity contribution in [1.29, 1.82) is 0 Å². The van der Waals surface area contributed by atoms with E-state index < -0.39 is 0 Å². The van der Waals surface area contributed by atoms with Crippen LogP contribution >= 0.6 is 27.3 Å². The fourth-order valence-electron chi connectivity index (χ4n) is 2.71. The number of rotatable bonds is 6. The average molecular weight is 507 g/mol. The number of nitrogens with zero attached hydrogens (tertiary/aromatic N) is 1. The Bertz CT molecular complexity index is 1110. The number of carbonyl (C=O) groups is 2. The lowest BCUT2D eigenvalue weighted by Crippen LogP contribution is -2.35.